The van der Waals surface area contributed by atoms with Crippen molar-refractivity contribution in [1.29, 1.82) is 0 Å². The maximum atomic E-state index is 14.2. The van der Waals surface area contributed by atoms with E-state index in [1.807, 2.05) is 0 Å². The molecule has 1 saturated heterocycles. The minimum Gasteiger partial charge on any atom is -0.313 e. The Hall–Kier alpha value is -0.960. The second-order valence-electron chi connectivity index (χ2n) is 3.48. The van der Waals surface area contributed by atoms with Gasteiger partial charge in [0.05, 0.1) is 0 Å². The largest absolute Gasteiger partial charge is 0.313 e. The van der Waals surface area contributed by atoms with Crippen LogP contribution in [-0.4, -0.2) is 18.1 Å². The maximum Gasteiger partial charge on any atom is 0.148 e. The number of nitrogens with one attached hydrogen (secondary N) is 1. The van der Waals surface area contributed by atoms with Gasteiger partial charge in [0, 0.05) is 18.9 Å². The summed E-state index contributed by atoms with van der Waals surface area (Å²) in [6.45, 7) is 1.35. The highest BCUT2D eigenvalue weighted by molar-refractivity contribution is 5.20. The van der Waals surface area contributed by atoms with Crippen LogP contribution in [0.1, 0.15) is 18.4 Å². The molecule has 1 aromatic rings. The molecule has 1 aliphatic heterocycles. The molecule has 2 nitrogen and oxygen atoms in total. The number of hydrogen-bond donors (Lipinski definition) is 1. The third kappa shape index (κ3) is 1.70. The number of alkyl halides is 1. The summed E-state index contributed by atoms with van der Waals surface area (Å²) in [6.07, 6.45) is 4.80. The molecule has 1 aliphatic rings. The fourth-order valence-electron chi connectivity index (χ4n) is 1.77. The summed E-state index contributed by atoms with van der Waals surface area (Å²) in [5.74, 6) is 0. The van der Waals surface area contributed by atoms with E-state index in [9.17, 15) is 4.39 Å². The molecule has 1 N–H and O–H groups in total. The third-order valence-electron chi connectivity index (χ3n) is 2.53. The van der Waals surface area contributed by atoms with E-state index in [1.165, 1.54) is 0 Å². The summed E-state index contributed by atoms with van der Waals surface area (Å²) in [4.78, 5) is 3.88. The number of hydrogen-bond acceptors (Lipinski definition) is 2. The fraction of sp³-hybridized carbons (Fsp3) is 0.500. The zero-order valence-corrected chi connectivity index (χ0v) is 7.46. The molecule has 0 amide bonds. The molecule has 1 atom stereocenters. The minimum absolute atomic E-state index is 0.428. The Morgan fingerprint density at radius 3 is 2.77 bits per heavy atom. The zero-order valence-electron chi connectivity index (χ0n) is 7.46. The zero-order chi connectivity index (χ0) is 9.15. The lowest BCUT2D eigenvalue weighted by Gasteiger charge is -2.30. The Labute approximate surface area is 77.2 Å². The van der Waals surface area contributed by atoms with Crippen molar-refractivity contribution < 1.29 is 4.39 Å². The molecule has 1 fully saturated rings. The van der Waals surface area contributed by atoms with E-state index in [0.29, 0.717) is 13.0 Å². The number of halogens is 1. The molecule has 70 valence electrons. The van der Waals surface area contributed by atoms with Crippen LogP contribution in [0.25, 0.3) is 0 Å². The predicted molar refractivity (Wildman–Crippen MR) is 49.1 cm³/mol. The van der Waals surface area contributed by atoms with Crippen molar-refractivity contribution in [2.45, 2.75) is 18.5 Å². The summed E-state index contributed by atoms with van der Waals surface area (Å²) in [6, 6.07) is 3.51. The SMILES string of the molecule is FC1(c2ccncc2)CCCNC1. The summed E-state index contributed by atoms with van der Waals surface area (Å²) in [5.41, 5.74) is -0.434. The minimum atomic E-state index is -1.18. The summed E-state index contributed by atoms with van der Waals surface area (Å²) in [7, 11) is 0. The van der Waals surface area contributed by atoms with Crippen LogP contribution in [0.4, 0.5) is 4.39 Å². The van der Waals surface area contributed by atoms with Crippen molar-refractivity contribution in [1.82, 2.24) is 10.3 Å². The van der Waals surface area contributed by atoms with Crippen LogP contribution in [0, 0.1) is 0 Å². The molecule has 0 bridgehead atoms. The van der Waals surface area contributed by atoms with Gasteiger partial charge in [-0.25, -0.2) is 4.39 Å². The molecular weight excluding hydrogens is 167 g/mol. The van der Waals surface area contributed by atoms with Crippen molar-refractivity contribution in [2.75, 3.05) is 13.1 Å². The van der Waals surface area contributed by atoms with Gasteiger partial charge in [-0.3, -0.25) is 4.98 Å². The number of aromatic nitrogens is 1. The van der Waals surface area contributed by atoms with Crippen LogP contribution in [0.2, 0.25) is 0 Å². The lowest BCUT2D eigenvalue weighted by Crippen LogP contribution is -2.40. The summed E-state index contributed by atoms with van der Waals surface area (Å²) in [5, 5.41) is 3.08. The number of pyridine rings is 1. The van der Waals surface area contributed by atoms with E-state index in [-0.39, 0.29) is 0 Å². The molecular formula is C10H13FN2. The summed E-state index contributed by atoms with van der Waals surface area (Å²) >= 11 is 0. The van der Waals surface area contributed by atoms with E-state index in [1.54, 1.807) is 24.5 Å². The van der Waals surface area contributed by atoms with Gasteiger partial charge in [0.25, 0.3) is 0 Å². The van der Waals surface area contributed by atoms with Crippen LogP contribution in [0.5, 0.6) is 0 Å². The van der Waals surface area contributed by atoms with E-state index >= 15 is 0 Å². The highest BCUT2D eigenvalue weighted by Crippen LogP contribution is 2.31. The van der Waals surface area contributed by atoms with E-state index in [2.05, 4.69) is 10.3 Å². The van der Waals surface area contributed by atoms with Crippen LogP contribution in [0.15, 0.2) is 24.5 Å². The number of nitrogens with zero attached hydrogens (tertiary/aromatic N) is 1. The molecule has 2 rings (SSSR count). The number of piperidine rings is 1. The van der Waals surface area contributed by atoms with Gasteiger partial charge in [-0.15, -0.1) is 0 Å². The molecule has 1 unspecified atom stereocenters. The molecule has 0 saturated carbocycles. The molecule has 1 aromatic heterocycles. The third-order valence-corrected chi connectivity index (χ3v) is 2.53. The normalized spacial score (nSPS) is 28.7. The van der Waals surface area contributed by atoms with Gasteiger partial charge in [-0.05, 0) is 37.1 Å². The molecule has 2 heterocycles. The average molecular weight is 180 g/mol. The lowest BCUT2D eigenvalue weighted by molar-refractivity contribution is 0.122. The highest BCUT2D eigenvalue weighted by Gasteiger charge is 2.33. The monoisotopic (exact) mass is 180 g/mol. The van der Waals surface area contributed by atoms with E-state index < -0.39 is 5.67 Å². The topological polar surface area (TPSA) is 24.9 Å². The average Bonchev–Trinajstić information content (AvgIpc) is 2.20. The van der Waals surface area contributed by atoms with E-state index in [0.717, 1.165) is 18.5 Å². The molecule has 0 aromatic carbocycles. The standard InChI is InChI=1S/C10H13FN2/c11-10(4-1-5-13-8-10)9-2-6-12-7-3-9/h2-3,6-7,13H,1,4-5,8H2. The van der Waals surface area contributed by atoms with Gasteiger partial charge in [0.2, 0.25) is 0 Å². The van der Waals surface area contributed by atoms with Gasteiger partial charge >= 0.3 is 0 Å². The van der Waals surface area contributed by atoms with Gasteiger partial charge in [0.15, 0.2) is 0 Å². The van der Waals surface area contributed by atoms with Crippen LogP contribution in [-0.2, 0) is 5.67 Å². The van der Waals surface area contributed by atoms with Crippen molar-refractivity contribution in [3.8, 4) is 0 Å². The van der Waals surface area contributed by atoms with Gasteiger partial charge < -0.3 is 5.32 Å². The van der Waals surface area contributed by atoms with Crippen LogP contribution < -0.4 is 5.32 Å². The molecule has 0 aliphatic carbocycles. The first kappa shape index (κ1) is 8.63. The van der Waals surface area contributed by atoms with Crippen molar-refractivity contribution >= 4 is 0 Å². The first-order chi connectivity index (χ1) is 6.31. The fourth-order valence-corrected chi connectivity index (χ4v) is 1.77. The Morgan fingerprint density at radius 2 is 2.15 bits per heavy atom. The van der Waals surface area contributed by atoms with Gasteiger partial charge in [-0.1, -0.05) is 0 Å². The second kappa shape index (κ2) is 3.42. The van der Waals surface area contributed by atoms with Crippen molar-refractivity contribution in [3.05, 3.63) is 30.1 Å². The first-order valence-electron chi connectivity index (χ1n) is 4.61. The summed E-state index contributed by atoms with van der Waals surface area (Å²) < 4.78 is 14.2. The first-order valence-corrected chi connectivity index (χ1v) is 4.61. The number of rotatable bonds is 1. The van der Waals surface area contributed by atoms with Crippen LogP contribution >= 0.6 is 0 Å². The molecule has 13 heavy (non-hydrogen) atoms. The molecule has 0 radical (unpaired) electrons. The Kier molecular flexibility index (Phi) is 2.27. The maximum absolute atomic E-state index is 14.2. The van der Waals surface area contributed by atoms with Gasteiger partial charge in [-0.2, -0.15) is 0 Å². The van der Waals surface area contributed by atoms with Crippen molar-refractivity contribution in [2.24, 2.45) is 0 Å². The Balaban J connectivity index is 2.23. The highest BCUT2D eigenvalue weighted by atomic mass is 19.1. The van der Waals surface area contributed by atoms with Gasteiger partial charge in [0.1, 0.15) is 5.67 Å². The molecule has 3 heteroatoms. The smallest absolute Gasteiger partial charge is 0.148 e. The van der Waals surface area contributed by atoms with E-state index in [4.69, 9.17) is 0 Å². The lowest BCUT2D eigenvalue weighted by atomic mass is 9.89. The van der Waals surface area contributed by atoms with Crippen molar-refractivity contribution in [3.63, 3.8) is 0 Å². The Morgan fingerprint density at radius 1 is 1.38 bits per heavy atom. The quantitative estimate of drug-likeness (QED) is 0.710. The van der Waals surface area contributed by atoms with Crippen LogP contribution in [0.3, 0.4) is 0 Å². The second-order valence-corrected chi connectivity index (χ2v) is 3.48. The Bertz CT molecular complexity index is 268. The predicted octanol–water partition coefficient (Wildman–Crippen LogP) is 1.63. The molecule has 0 spiro atoms.